The lowest BCUT2D eigenvalue weighted by atomic mass is 10.1. The zero-order valence-electron chi connectivity index (χ0n) is 11.3. The molecule has 6 heteroatoms. The van der Waals surface area contributed by atoms with Crippen LogP contribution in [0.15, 0.2) is 49.1 Å². The van der Waals surface area contributed by atoms with E-state index in [1.165, 1.54) is 4.68 Å². The van der Waals surface area contributed by atoms with Crippen molar-refractivity contribution in [3.63, 3.8) is 0 Å². The fraction of sp³-hybridized carbons (Fsp3) is 0.0667. The lowest BCUT2D eigenvalue weighted by Crippen LogP contribution is -2.02. The zero-order valence-corrected chi connectivity index (χ0v) is 11.3. The number of carbonyl (C=O) groups is 1. The van der Waals surface area contributed by atoms with Crippen molar-refractivity contribution in [2.45, 2.75) is 6.92 Å². The van der Waals surface area contributed by atoms with Gasteiger partial charge in [0.25, 0.3) is 0 Å². The van der Waals surface area contributed by atoms with Crippen LogP contribution in [0.5, 0.6) is 0 Å². The van der Waals surface area contributed by atoms with Gasteiger partial charge in [-0.3, -0.25) is 9.97 Å². The average Bonchev–Trinajstić information content (AvgIpc) is 2.94. The zero-order chi connectivity index (χ0) is 14.8. The van der Waals surface area contributed by atoms with E-state index in [2.05, 4.69) is 15.1 Å². The van der Waals surface area contributed by atoms with E-state index in [0.717, 1.165) is 5.56 Å². The van der Waals surface area contributed by atoms with Crippen molar-refractivity contribution in [3.05, 3.63) is 60.3 Å². The average molecular weight is 280 g/mol. The van der Waals surface area contributed by atoms with Crippen molar-refractivity contribution in [1.82, 2.24) is 19.7 Å². The summed E-state index contributed by atoms with van der Waals surface area (Å²) in [6, 6.07) is 7.27. The Bertz CT molecular complexity index is 796. The molecule has 0 atom stereocenters. The van der Waals surface area contributed by atoms with Crippen LogP contribution in [0.25, 0.3) is 16.9 Å². The predicted molar refractivity (Wildman–Crippen MR) is 76.3 cm³/mol. The van der Waals surface area contributed by atoms with Gasteiger partial charge in [-0.2, -0.15) is 5.10 Å². The maximum atomic E-state index is 11.4. The van der Waals surface area contributed by atoms with Gasteiger partial charge in [0.15, 0.2) is 5.69 Å². The number of aromatic nitrogens is 4. The van der Waals surface area contributed by atoms with E-state index >= 15 is 0 Å². The SMILES string of the molecule is Cc1cccnc1-c1cn(-c2cccnc2)nc1C(=O)O. The highest BCUT2D eigenvalue weighted by molar-refractivity contribution is 5.93. The topological polar surface area (TPSA) is 80.9 Å². The summed E-state index contributed by atoms with van der Waals surface area (Å²) in [5, 5.41) is 13.5. The highest BCUT2D eigenvalue weighted by atomic mass is 16.4. The lowest BCUT2D eigenvalue weighted by molar-refractivity contribution is 0.0691. The van der Waals surface area contributed by atoms with Gasteiger partial charge in [-0.25, -0.2) is 9.48 Å². The molecule has 0 fully saturated rings. The van der Waals surface area contributed by atoms with Crippen LogP contribution in [0.1, 0.15) is 16.1 Å². The van der Waals surface area contributed by atoms with E-state index < -0.39 is 5.97 Å². The Kier molecular flexibility index (Phi) is 3.19. The minimum Gasteiger partial charge on any atom is -0.476 e. The Morgan fingerprint density at radius 1 is 1.24 bits per heavy atom. The third-order valence-electron chi connectivity index (χ3n) is 3.09. The van der Waals surface area contributed by atoms with Gasteiger partial charge >= 0.3 is 5.97 Å². The molecule has 3 aromatic rings. The van der Waals surface area contributed by atoms with Crippen LogP contribution in [-0.2, 0) is 0 Å². The molecular weight excluding hydrogens is 268 g/mol. The maximum Gasteiger partial charge on any atom is 0.357 e. The molecule has 0 saturated carbocycles. The smallest absolute Gasteiger partial charge is 0.357 e. The van der Waals surface area contributed by atoms with Crippen molar-refractivity contribution < 1.29 is 9.90 Å². The number of aromatic carboxylic acids is 1. The summed E-state index contributed by atoms with van der Waals surface area (Å²) >= 11 is 0. The first-order valence-corrected chi connectivity index (χ1v) is 6.32. The third-order valence-corrected chi connectivity index (χ3v) is 3.09. The van der Waals surface area contributed by atoms with Crippen LogP contribution >= 0.6 is 0 Å². The monoisotopic (exact) mass is 280 g/mol. The molecule has 0 aliphatic carbocycles. The molecule has 104 valence electrons. The Balaban J connectivity index is 2.19. The number of nitrogens with zero attached hydrogens (tertiary/aromatic N) is 4. The van der Waals surface area contributed by atoms with Crippen molar-refractivity contribution in [3.8, 4) is 16.9 Å². The molecule has 0 aromatic carbocycles. The molecule has 0 bridgehead atoms. The normalized spacial score (nSPS) is 10.5. The van der Waals surface area contributed by atoms with Gasteiger partial charge in [0.05, 0.1) is 23.1 Å². The number of aryl methyl sites for hydroxylation is 1. The van der Waals surface area contributed by atoms with Crippen LogP contribution in [0.4, 0.5) is 0 Å². The summed E-state index contributed by atoms with van der Waals surface area (Å²) in [6.07, 6.45) is 6.56. The largest absolute Gasteiger partial charge is 0.476 e. The van der Waals surface area contributed by atoms with Crippen LogP contribution in [-0.4, -0.2) is 30.8 Å². The summed E-state index contributed by atoms with van der Waals surface area (Å²) in [5.41, 5.74) is 2.67. The number of pyridine rings is 2. The molecule has 0 aliphatic rings. The van der Waals surface area contributed by atoms with E-state index in [4.69, 9.17) is 0 Å². The molecule has 3 rings (SSSR count). The molecule has 0 amide bonds. The maximum absolute atomic E-state index is 11.4. The summed E-state index contributed by atoms with van der Waals surface area (Å²) in [4.78, 5) is 19.7. The molecule has 0 saturated heterocycles. The van der Waals surface area contributed by atoms with Crippen molar-refractivity contribution in [2.24, 2.45) is 0 Å². The van der Waals surface area contributed by atoms with Crippen LogP contribution in [0, 0.1) is 6.92 Å². The number of rotatable bonds is 3. The first kappa shape index (κ1) is 13.0. The molecule has 0 unspecified atom stereocenters. The lowest BCUT2D eigenvalue weighted by Gasteiger charge is -2.01. The molecule has 1 N–H and O–H groups in total. The molecule has 0 radical (unpaired) electrons. The first-order chi connectivity index (χ1) is 10.2. The predicted octanol–water partition coefficient (Wildman–Crippen LogP) is 2.34. The highest BCUT2D eigenvalue weighted by Gasteiger charge is 2.20. The Labute approximate surface area is 120 Å². The van der Waals surface area contributed by atoms with Crippen molar-refractivity contribution >= 4 is 5.97 Å². The molecule has 3 aromatic heterocycles. The molecule has 0 aliphatic heterocycles. The van der Waals surface area contributed by atoms with E-state index in [0.29, 0.717) is 16.9 Å². The van der Waals surface area contributed by atoms with Gasteiger partial charge in [0, 0.05) is 18.6 Å². The Hall–Kier alpha value is -3.02. The van der Waals surface area contributed by atoms with E-state index in [1.54, 1.807) is 36.9 Å². The second kappa shape index (κ2) is 5.16. The molecular formula is C15H12N4O2. The van der Waals surface area contributed by atoms with Gasteiger partial charge < -0.3 is 5.11 Å². The minimum absolute atomic E-state index is 0.0272. The third kappa shape index (κ3) is 2.38. The fourth-order valence-corrected chi connectivity index (χ4v) is 2.09. The summed E-state index contributed by atoms with van der Waals surface area (Å²) < 4.78 is 1.50. The minimum atomic E-state index is -1.09. The van der Waals surface area contributed by atoms with E-state index in [-0.39, 0.29) is 5.69 Å². The number of hydrogen-bond donors (Lipinski definition) is 1. The second-order valence-electron chi connectivity index (χ2n) is 4.52. The summed E-state index contributed by atoms with van der Waals surface area (Å²) in [5.74, 6) is -1.09. The van der Waals surface area contributed by atoms with E-state index in [9.17, 15) is 9.90 Å². The highest BCUT2D eigenvalue weighted by Crippen LogP contribution is 2.25. The second-order valence-corrected chi connectivity index (χ2v) is 4.52. The number of hydrogen-bond acceptors (Lipinski definition) is 4. The molecule has 21 heavy (non-hydrogen) atoms. The van der Waals surface area contributed by atoms with Gasteiger partial charge in [-0.1, -0.05) is 6.07 Å². The van der Waals surface area contributed by atoms with Crippen molar-refractivity contribution in [2.75, 3.05) is 0 Å². The fourth-order valence-electron chi connectivity index (χ4n) is 2.09. The van der Waals surface area contributed by atoms with Crippen LogP contribution in [0.2, 0.25) is 0 Å². The van der Waals surface area contributed by atoms with Gasteiger partial charge in [0.2, 0.25) is 0 Å². The van der Waals surface area contributed by atoms with Gasteiger partial charge in [0.1, 0.15) is 0 Å². The molecule has 6 nitrogen and oxygen atoms in total. The van der Waals surface area contributed by atoms with Crippen LogP contribution < -0.4 is 0 Å². The van der Waals surface area contributed by atoms with E-state index in [1.807, 2.05) is 19.1 Å². The first-order valence-electron chi connectivity index (χ1n) is 6.32. The van der Waals surface area contributed by atoms with Gasteiger partial charge in [-0.15, -0.1) is 0 Å². The van der Waals surface area contributed by atoms with Crippen molar-refractivity contribution in [1.29, 1.82) is 0 Å². The number of carboxylic acids is 1. The van der Waals surface area contributed by atoms with Gasteiger partial charge in [-0.05, 0) is 30.7 Å². The Morgan fingerprint density at radius 2 is 2.05 bits per heavy atom. The molecule has 3 heterocycles. The number of carboxylic acid groups (broad SMARTS) is 1. The summed E-state index contributed by atoms with van der Waals surface area (Å²) in [7, 11) is 0. The summed E-state index contributed by atoms with van der Waals surface area (Å²) in [6.45, 7) is 1.88. The molecule has 0 spiro atoms. The van der Waals surface area contributed by atoms with Crippen LogP contribution in [0.3, 0.4) is 0 Å². The standard InChI is InChI=1S/C15H12N4O2/c1-10-4-2-7-17-13(10)12-9-19(18-14(12)15(20)21)11-5-3-6-16-8-11/h2-9H,1H3,(H,20,21). The Morgan fingerprint density at radius 3 is 2.71 bits per heavy atom. The quantitative estimate of drug-likeness (QED) is 0.796.